The van der Waals surface area contributed by atoms with Gasteiger partial charge in [0.15, 0.2) is 0 Å². The van der Waals surface area contributed by atoms with Crippen molar-refractivity contribution in [2.75, 3.05) is 7.05 Å². The van der Waals surface area contributed by atoms with Crippen molar-refractivity contribution in [2.24, 2.45) is 0 Å². The Morgan fingerprint density at radius 3 is 2.61 bits per heavy atom. The molecule has 0 saturated heterocycles. The number of allylic oxidation sites excluding steroid dienone is 2. The van der Waals surface area contributed by atoms with Crippen LogP contribution in [0.25, 0.3) is 22.1 Å². The molecule has 0 spiro atoms. The fourth-order valence-electron chi connectivity index (χ4n) is 5.04. The molecule has 144 valence electrons. The number of fused-ring (bicyclic) bond motifs is 3. The maximum absolute atomic E-state index is 6.47. The van der Waals surface area contributed by atoms with Crippen molar-refractivity contribution in [1.29, 1.82) is 0 Å². The number of likely N-dealkylation sites (N-methyl/N-ethyl adjacent to an activating group) is 1. The van der Waals surface area contributed by atoms with Crippen molar-refractivity contribution >= 4 is 22.1 Å². The number of rotatable bonds is 2. The Morgan fingerprint density at radius 2 is 1.82 bits per heavy atom. The molecular weight excluding hydrogens is 344 g/mol. The zero-order valence-corrected chi connectivity index (χ0v) is 17.0. The normalized spacial score (nSPS) is 23.2. The van der Waals surface area contributed by atoms with Crippen LogP contribution in [-0.2, 0) is 5.54 Å². The van der Waals surface area contributed by atoms with E-state index in [1.54, 1.807) is 0 Å². The molecule has 1 atom stereocenters. The number of nitrogens with zero attached hydrogens (tertiary/aromatic N) is 2. The van der Waals surface area contributed by atoms with Gasteiger partial charge in [0.2, 0.25) is 5.71 Å². The molecule has 0 amide bonds. The Labute approximate surface area is 166 Å². The first-order chi connectivity index (χ1) is 13.6. The second kappa shape index (κ2) is 6.51. The molecule has 2 aromatic heterocycles. The molecule has 1 aliphatic carbocycles. The zero-order chi connectivity index (χ0) is 19.3. The number of benzene rings is 1. The molecule has 5 rings (SSSR count). The van der Waals surface area contributed by atoms with Crippen molar-refractivity contribution in [3.8, 4) is 0 Å². The Hall–Kier alpha value is -2.55. The summed E-state index contributed by atoms with van der Waals surface area (Å²) in [4.78, 5) is 7.23. The van der Waals surface area contributed by atoms with Gasteiger partial charge in [0, 0.05) is 35.0 Å². The van der Waals surface area contributed by atoms with Crippen LogP contribution in [0.4, 0.5) is 0 Å². The largest absolute Gasteiger partial charge is 0.437 e. The lowest BCUT2D eigenvalue weighted by Crippen LogP contribution is -2.37. The third-order valence-electron chi connectivity index (χ3n) is 6.84. The Kier molecular flexibility index (Phi) is 4.08. The minimum atomic E-state index is -0.238. The van der Waals surface area contributed by atoms with Crippen LogP contribution in [0.3, 0.4) is 0 Å². The summed E-state index contributed by atoms with van der Waals surface area (Å²) in [5, 5.41) is 2.29. The minimum Gasteiger partial charge on any atom is -0.437 e. The number of pyridine rings is 1. The maximum atomic E-state index is 6.47. The van der Waals surface area contributed by atoms with Gasteiger partial charge in [0.25, 0.3) is 0 Å². The molecule has 1 saturated carbocycles. The van der Waals surface area contributed by atoms with Crippen LogP contribution in [0, 0.1) is 6.92 Å². The number of hydrogen-bond donors (Lipinski definition) is 0. The average molecular weight is 373 g/mol. The molecule has 3 aromatic rings. The van der Waals surface area contributed by atoms with Gasteiger partial charge in [0.05, 0.1) is 5.54 Å². The van der Waals surface area contributed by atoms with E-state index in [1.165, 1.54) is 48.9 Å². The van der Waals surface area contributed by atoms with Crippen molar-refractivity contribution in [2.45, 2.75) is 57.4 Å². The first kappa shape index (κ1) is 17.5. The molecule has 0 bridgehead atoms. The van der Waals surface area contributed by atoms with E-state index >= 15 is 0 Å². The van der Waals surface area contributed by atoms with Crippen LogP contribution in [-0.4, -0.2) is 16.9 Å². The van der Waals surface area contributed by atoms with Crippen LogP contribution in [0.5, 0.6) is 0 Å². The molecule has 1 fully saturated rings. The Bertz CT molecular complexity index is 1100. The molecule has 0 radical (unpaired) electrons. The summed E-state index contributed by atoms with van der Waals surface area (Å²) in [5.74, 6) is 0.586. The van der Waals surface area contributed by atoms with Crippen LogP contribution in [0.1, 0.15) is 61.8 Å². The summed E-state index contributed by atoms with van der Waals surface area (Å²) in [6.07, 6.45) is 15.1. The maximum Gasteiger partial charge on any atom is 0.227 e. The smallest absolute Gasteiger partial charge is 0.227 e. The molecule has 3 heterocycles. The fraction of sp³-hybridized carbons (Fsp3) is 0.400. The lowest BCUT2D eigenvalue weighted by atomic mass is 9.84. The van der Waals surface area contributed by atoms with E-state index in [4.69, 9.17) is 9.40 Å². The zero-order valence-electron chi connectivity index (χ0n) is 17.0. The van der Waals surface area contributed by atoms with E-state index < -0.39 is 0 Å². The van der Waals surface area contributed by atoms with Gasteiger partial charge in [-0.3, -0.25) is 0 Å². The lowest BCUT2D eigenvalue weighted by Gasteiger charge is -2.38. The van der Waals surface area contributed by atoms with Crippen molar-refractivity contribution in [3.63, 3.8) is 0 Å². The number of furan rings is 1. The van der Waals surface area contributed by atoms with Gasteiger partial charge in [-0.05, 0) is 56.7 Å². The van der Waals surface area contributed by atoms with Gasteiger partial charge >= 0.3 is 0 Å². The fourth-order valence-corrected chi connectivity index (χ4v) is 5.04. The third-order valence-corrected chi connectivity index (χ3v) is 6.84. The SMILES string of the molecule is Cc1ccc2c(oc3nc(C4CCCCC4)ccc32)c1C1(C)C=CC=CN1C. The van der Waals surface area contributed by atoms with E-state index in [0.29, 0.717) is 5.92 Å². The highest BCUT2D eigenvalue weighted by molar-refractivity contribution is 6.05. The van der Waals surface area contributed by atoms with E-state index in [0.717, 1.165) is 22.1 Å². The van der Waals surface area contributed by atoms with Gasteiger partial charge in [0.1, 0.15) is 5.58 Å². The molecular formula is C25H28N2O. The van der Waals surface area contributed by atoms with Gasteiger partial charge in [-0.15, -0.1) is 0 Å². The summed E-state index contributed by atoms with van der Waals surface area (Å²) < 4.78 is 6.47. The predicted octanol–water partition coefficient (Wildman–Crippen LogP) is 6.57. The molecule has 0 N–H and O–H groups in total. The molecule has 3 heteroatoms. The predicted molar refractivity (Wildman–Crippen MR) is 115 cm³/mol. The first-order valence-corrected chi connectivity index (χ1v) is 10.5. The highest BCUT2D eigenvalue weighted by Gasteiger charge is 2.33. The molecule has 1 unspecified atom stereocenters. The third kappa shape index (κ3) is 2.60. The van der Waals surface area contributed by atoms with E-state index in [-0.39, 0.29) is 5.54 Å². The summed E-state index contributed by atoms with van der Waals surface area (Å²) in [7, 11) is 2.13. The molecule has 1 aromatic carbocycles. The molecule has 3 nitrogen and oxygen atoms in total. The van der Waals surface area contributed by atoms with Crippen LogP contribution < -0.4 is 0 Å². The molecule has 28 heavy (non-hydrogen) atoms. The van der Waals surface area contributed by atoms with Gasteiger partial charge in [-0.25, -0.2) is 4.98 Å². The monoisotopic (exact) mass is 372 g/mol. The topological polar surface area (TPSA) is 29.3 Å². The lowest BCUT2D eigenvalue weighted by molar-refractivity contribution is 0.261. The van der Waals surface area contributed by atoms with Crippen molar-refractivity contribution < 1.29 is 4.42 Å². The number of aromatic nitrogens is 1. The summed E-state index contributed by atoms with van der Waals surface area (Å²) in [6.45, 7) is 4.43. The van der Waals surface area contributed by atoms with Gasteiger partial charge < -0.3 is 9.32 Å². The van der Waals surface area contributed by atoms with Gasteiger partial charge in [-0.1, -0.05) is 43.5 Å². The van der Waals surface area contributed by atoms with Crippen LogP contribution in [0.15, 0.2) is 53.1 Å². The van der Waals surface area contributed by atoms with Gasteiger partial charge in [-0.2, -0.15) is 0 Å². The number of aryl methyl sites for hydroxylation is 1. The van der Waals surface area contributed by atoms with E-state index in [9.17, 15) is 0 Å². The quantitative estimate of drug-likeness (QED) is 0.509. The van der Waals surface area contributed by atoms with E-state index in [1.807, 2.05) is 0 Å². The molecule has 1 aliphatic heterocycles. The first-order valence-electron chi connectivity index (χ1n) is 10.5. The highest BCUT2D eigenvalue weighted by atomic mass is 16.3. The summed E-state index contributed by atoms with van der Waals surface area (Å²) in [6, 6.07) is 8.85. The Balaban J connectivity index is 1.70. The Morgan fingerprint density at radius 1 is 1.04 bits per heavy atom. The van der Waals surface area contributed by atoms with E-state index in [2.05, 4.69) is 74.5 Å². The second-order valence-electron chi connectivity index (χ2n) is 8.62. The highest BCUT2D eigenvalue weighted by Crippen LogP contribution is 2.42. The summed E-state index contributed by atoms with van der Waals surface area (Å²) in [5.41, 5.74) is 5.19. The van der Waals surface area contributed by atoms with Crippen LogP contribution in [0.2, 0.25) is 0 Å². The van der Waals surface area contributed by atoms with Crippen LogP contribution >= 0.6 is 0 Å². The minimum absolute atomic E-state index is 0.238. The average Bonchev–Trinajstić information content (AvgIpc) is 3.08. The van der Waals surface area contributed by atoms with Crippen molar-refractivity contribution in [3.05, 3.63) is 65.5 Å². The number of hydrogen-bond acceptors (Lipinski definition) is 3. The second-order valence-corrected chi connectivity index (χ2v) is 8.62. The van der Waals surface area contributed by atoms with Crippen molar-refractivity contribution in [1.82, 2.24) is 9.88 Å². The molecule has 2 aliphatic rings. The standard InChI is InChI=1S/C25H28N2O/c1-17-11-12-19-20-13-14-21(18-9-5-4-6-10-18)26-24(20)28-23(19)22(17)25(2)15-7-8-16-27(25)3/h7-8,11-16,18H,4-6,9-10H2,1-3H3. The summed E-state index contributed by atoms with van der Waals surface area (Å²) >= 11 is 0.